The van der Waals surface area contributed by atoms with Crippen LogP contribution in [0.4, 0.5) is 0 Å². The molecule has 4 rings (SSSR count). The Hall–Kier alpha value is -3.28. The summed E-state index contributed by atoms with van der Waals surface area (Å²) in [4.78, 5) is 24.4. The van der Waals surface area contributed by atoms with Crippen LogP contribution in [-0.4, -0.2) is 18.2 Å². The van der Waals surface area contributed by atoms with Gasteiger partial charge in [0.15, 0.2) is 11.3 Å². The number of hydrogen-bond acceptors (Lipinski definition) is 5. The Labute approximate surface area is 161 Å². The van der Waals surface area contributed by atoms with Gasteiger partial charge in [0.1, 0.15) is 0 Å². The number of aryl methyl sites for hydroxylation is 1. The van der Waals surface area contributed by atoms with Crippen LogP contribution in [0.5, 0.6) is 11.5 Å². The van der Waals surface area contributed by atoms with Gasteiger partial charge >= 0.3 is 11.6 Å². The van der Waals surface area contributed by atoms with Crippen molar-refractivity contribution >= 4 is 16.9 Å². The molecule has 1 aromatic heterocycles. The van der Waals surface area contributed by atoms with E-state index in [9.17, 15) is 14.7 Å². The molecule has 1 aliphatic carbocycles. The minimum absolute atomic E-state index is 0.127. The number of rotatable bonds is 5. The minimum atomic E-state index is -1.26. The first-order chi connectivity index (χ1) is 13.6. The largest absolute Gasteiger partial charge is 0.493 e. The van der Waals surface area contributed by atoms with Crippen LogP contribution in [0.1, 0.15) is 35.6 Å². The van der Waals surface area contributed by atoms with Crippen molar-refractivity contribution in [3.8, 4) is 11.5 Å². The molecule has 0 aliphatic heterocycles. The lowest BCUT2D eigenvalue weighted by Gasteiger charge is -2.21. The molecule has 6 heteroatoms. The van der Waals surface area contributed by atoms with Gasteiger partial charge in [-0.1, -0.05) is 30.3 Å². The summed E-state index contributed by atoms with van der Waals surface area (Å²) in [7, 11) is 1.46. The zero-order valence-corrected chi connectivity index (χ0v) is 15.4. The zero-order chi connectivity index (χ0) is 19.7. The fourth-order valence-corrected chi connectivity index (χ4v) is 3.74. The Balaban J connectivity index is 1.91. The second-order valence-electron chi connectivity index (χ2n) is 6.77. The number of hydrogen-bond donors (Lipinski definition) is 1. The Bertz CT molecular complexity index is 1080. The first kappa shape index (κ1) is 18.1. The van der Waals surface area contributed by atoms with E-state index in [0.29, 0.717) is 23.3 Å². The molecule has 6 nitrogen and oxygen atoms in total. The van der Waals surface area contributed by atoms with E-state index in [2.05, 4.69) is 0 Å². The van der Waals surface area contributed by atoms with Crippen molar-refractivity contribution in [3.63, 3.8) is 0 Å². The Kier molecular flexibility index (Phi) is 4.77. The van der Waals surface area contributed by atoms with Crippen LogP contribution >= 0.6 is 0 Å². The number of benzene rings is 2. The predicted molar refractivity (Wildman–Crippen MR) is 103 cm³/mol. The van der Waals surface area contributed by atoms with Gasteiger partial charge < -0.3 is 19.0 Å². The highest BCUT2D eigenvalue weighted by Gasteiger charge is 2.27. The summed E-state index contributed by atoms with van der Waals surface area (Å²) in [5.74, 6) is -0.708. The molecule has 0 bridgehead atoms. The smallest absolute Gasteiger partial charge is 0.349 e. The molecular weight excluding hydrogens is 360 g/mol. The van der Waals surface area contributed by atoms with Crippen LogP contribution in [0.15, 0.2) is 51.7 Å². The molecule has 3 aromatic rings. The molecule has 28 heavy (non-hydrogen) atoms. The average molecular weight is 380 g/mol. The van der Waals surface area contributed by atoms with Gasteiger partial charge in [-0.05, 0) is 43.4 Å². The maximum atomic E-state index is 12.5. The van der Waals surface area contributed by atoms with Crippen molar-refractivity contribution in [1.29, 1.82) is 0 Å². The molecule has 0 saturated carbocycles. The molecule has 0 radical (unpaired) electrons. The van der Waals surface area contributed by atoms with Crippen LogP contribution in [0, 0.1) is 0 Å². The molecule has 0 spiro atoms. The van der Waals surface area contributed by atoms with Crippen molar-refractivity contribution in [2.24, 2.45) is 0 Å². The van der Waals surface area contributed by atoms with Gasteiger partial charge in [0.05, 0.1) is 7.11 Å². The molecule has 1 atom stereocenters. The predicted octanol–water partition coefficient (Wildman–Crippen LogP) is 3.89. The van der Waals surface area contributed by atoms with E-state index in [1.807, 2.05) is 6.07 Å². The summed E-state index contributed by atoms with van der Waals surface area (Å²) in [6.45, 7) is 0. The average Bonchev–Trinajstić information content (AvgIpc) is 2.72. The summed E-state index contributed by atoms with van der Waals surface area (Å²) in [6.07, 6.45) is 2.16. The Morgan fingerprint density at radius 1 is 1.07 bits per heavy atom. The van der Waals surface area contributed by atoms with Crippen LogP contribution < -0.4 is 15.1 Å². The minimum Gasteiger partial charge on any atom is -0.493 e. The number of aliphatic carboxylic acids is 1. The van der Waals surface area contributed by atoms with Crippen molar-refractivity contribution in [1.82, 2.24) is 0 Å². The maximum Gasteiger partial charge on any atom is 0.349 e. The first-order valence-electron chi connectivity index (χ1n) is 9.20. The second kappa shape index (κ2) is 7.38. The molecule has 1 aliphatic rings. The number of carbonyl (C=O) groups is 1. The van der Waals surface area contributed by atoms with Gasteiger partial charge in [-0.15, -0.1) is 0 Å². The van der Waals surface area contributed by atoms with E-state index in [0.717, 1.165) is 30.2 Å². The standard InChI is InChI=1S/C22H20O6/c1-26-17-12-11-15-14-9-5-6-10-16(14)22(25)28-19(15)20(17)27-18(21(23)24)13-7-3-2-4-8-13/h2-4,7-8,11-12,18H,5-6,9-10H2,1H3,(H,23,24)/t18-/m0/s1. The number of methoxy groups -OCH3 is 1. The molecule has 144 valence electrons. The van der Waals surface area contributed by atoms with E-state index in [1.54, 1.807) is 36.4 Å². The molecule has 1 N–H and O–H groups in total. The SMILES string of the molecule is COc1ccc2c3c(c(=O)oc2c1O[C@H](C(=O)O)c1ccccc1)CCCC3. The molecule has 2 aromatic carbocycles. The van der Waals surface area contributed by atoms with Crippen molar-refractivity contribution < 1.29 is 23.8 Å². The monoisotopic (exact) mass is 380 g/mol. The topological polar surface area (TPSA) is 86.0 Å². The van der Waals surface area contributed by atoms with Crippen LogP contribution in [0.3, 0.4) is 0 Å². The van der Waals surface area contributed by atoms with Gasteiger partial charge in [-0.2, -0.15) is 0 Å². The van der Waals surface area contributed by atoms with E-state index < -0.39 is 17.7 Å². The first-order valence-corrected chi connectivity index (χ1v) is 9.20. The molecule has 0 fully saturated rings. The quantitative estimate of drug-likeness (QED) is 0.676. The van der Waals surface area contributed by atoms with Crippen LogP contribution in [0.2, 0.25) is 0 Å². The van der Waals surface area contributed by atoms with Crippen LogP contribution in [0.25, 0.3) is 11.0 Å². The summed E-state index contributed by atoms with van der Waals surface area (Å²) < 4.78 is 16.9. The van der Waals surface area contributed by atoms with E-state index in [4.69, 9.17) is 13.9 Å². The third-order valence-corrected chi connectivity index (χ3v) is 5.09. The van der Waals surface area contributed by atoms with Gasteiger partial charge in [0.25, 0.3) is 0 Å². The molecule has 0 unspecified atom stereocenters. The summed E-state index contributed by atoms with van der Waals surface area (Å²) >= 11 is 0. The molecule has 0 amide bonds. The van der Waals surface area contributed by atoms with E-state index in [1.165, 1.54) is 7.11 Å². The lowest BCUT2D eigenvalue weighted by Crippen LogP contribution is -2.20. The molecule has 1 heterocycles. The Morgan fingerprint density at radius 2 is 1.79 bits per heavy atom. The third-order valence-electron chi connectivity index (χ3n) is 5.09. The lowest BCUT2D eigenvalue weighted by atomic mass is 9.90. The zero-order valence-electron chi connectivity index (χ0n) is 15.4. The third kappa shape index (κ3) is 3.11. The van der Waals surface area contributed by atoms with Crippen molar-refractivity contribution in [2.75, 3.05) is 7.11 Å². The highest BCUT2D eigenvalue weighted by atomic mass is 16.5. The number of carboxylic acids is 1. The van der Waals surface area contributed by atoms with Crippen molar-refractivity contribution in [2.45, 2.75) is 31.8 Å². The maximum absolute atomic E-state index is 12.5. The van der Waals surface area contributed by atoms with Crippen LogP contribution in [-0.2, 0) is 17.6 Å². The second-order valence-corrected chi connectivity index (χ2v) is 6.77. The van der Waals surface area contributed by atoms with E-state index >= 15 is 0 Å². The number of carboxylic acid groups (broad SMARTS) is 1. The van der Waals surface area contributed by atoms with Gasteiger partial charge in [0.2, 0.25) is 11.9 Å². The Morgan fingerprint density at radius 3 is 2.46 bits per heavy atom. The lowest BCUT2D eigenvalue weighted by molar-refractivity contribution is -0.145. The summed E-state index contributed by atoms with van der Waals surface area (Å²) in [6, 6.07) is 12.2. The normalized spacial score (nSPS) is 14.3. The fraction of sp³-hybridized carbons (Fsp3) is 0.273. The highest BCUT2D eigenvalue weighted by Crippen LogP contribution is 2.40. The number of ether oxygens (including phenoxy) is 2. The van der Waals surface area contributed by atoms with Gasteiger partial charge in [-0.25, -0.2) is 9.59 Å². The summed E-state index contributed by atoms with van der Waals surface area (Å²) in [5, 5.41) is 10.5. The fourth-order valence-electron chi connectivity index (χ4n) is 3.74. The molecule has 0 saturated heterocycles. The summed E-state index contributed by atoms with van der Waals surface area (Å²) in [5.41, 5.74) is 1.97. The molecular formula is C22H20O6. The van der Waals surface area contributed by atoms with Crippen molar-refractivity contribution in [3.05, 3.63) is 69.6 Å². The van der Waals surface area contributed by atoms with Gasteiger partial charge in [-0.3, -0.25) is 0 Å². The van der Waals surface area contributed by atoms with Gasteiger partial charge in [0, 0.05) is 16.5 Å². The highest BCUT2D eigenvalue weighted by molar-refractivity contribution is 5.89. The number of fused-ring (bicyclic) bond motifs is 3. The van der Waals surface area contributed by atoms with E-state index in [-0.39, 0.29) is 11.3 Å².